The third-order valence-electron chi connectivity index (χ3n) is 8.33. The molecule has 12 nitrogen and oxygen atoms in total. The Morgan fingerprint density at radius 3 is 2.00 bits per heavy atom. The van der Waals surface area contributed by atoms with Crippen molar-refractivity contribution in [3.05, 3.63) is 0 Å². The number of nitrogens with one attached hydrogen (secondary N) is 4. The highest BCUT2D eigenvalue weighted by molar-refractivity contribution is 7.88. The number of alkyl halides is 2. The maximum atomic E-state index is 13.9. The summed E-state index contributed by atoms with van der Waals surface area (Å²) in [6, 6.07) is -4.92. The van der Waals surface area contributed by atoms with Crippen LogP contribution < -0.4 is 21.3 Å². The zero-order valence-electron chi connectivity index (χ0n) is 27.3. The van der Waals surface area contributed by atoms with E-state index in [2.05, 4.69) is 21.3 Å². The molecule has 254 valence electrons. The molecule has 1 saturated heterocycles. The van der Waals surface area contributed by atoms with Gasteiger partial charge in [0.15, 0.2) is 0 Å². The zero-order valence-corrected chi connectivity index (χ0v) is 28.2. The topological polar surface area (TPSA) is 157 Å². The van der Waals surface area contributed by atoms with Crippen molar-refractivity contribution in [2.75, 3.05) is 26.4 Å². The van der Waals surface area contributed by atoms with Gasteiger partial charge in [0.2, 0.25) is 34.2 Å². The van der Waals surface area contributed by atoms with Gasteiger partial charge in [-0.15, -0.1) is 0 Å². The second-order valence-corrected chi connectivity index (χ2v) is 16.3. The van der Waals surface area contributed by atoms with Crippen molar-refractivity contribution in [1.82, 2.24) is 30.5 Å². The van der Waals surface area contributed by atoms with Crippen molar-refractivity contribution in [2.45, 2.75) is 123 Å². The number of hydrogen-bond donors (Lipinski definition) is 4. The molecule has 2 fully saturated rings. The van der Waals surface area contributed by atoms with Crippen molar-refractivity contribution in [3.63, 3.8) is 0 Å². The molecule has 4 N–H and O–H groups in total. The van der Waals surface area contributed by atoms with Crippen LogP contribution in [-0.4, -0.2) is 104 Å². The van der Waals surface area contributed by atoms with Crippen molar-refractivity contribution in [3.8, 4) is 0 Å². The first-order chi connectivity index (χ1) is 20.1. The largest absolute Gasteiger partial charge is 0.352 e. The molecular formula is C29H52F2N6O6S. The molecule has 2 rings (SSSR count). The first-order valence-corrected chi connectivity index (χ1v) is 17.1. The normalized spacial score (nSPS) is 20.4. The van der Waals surface area contributed by atoms with Crippen molar-refractivity contribution >= 4 is 33.8 Å². The van der Waals surface area contributed by atoms with Crippen LogP contribution in [0.2, 0.25) is 0 Å². The number of sulfonamides is 1. The summed E-state index contributed by atoms with van der Waals surface area (Å²) >= 11 is 0. The van der Waals surface area contributed by atoms with Gasteiger partial charge in [-0.05, 0) is 36.5 Å². The highest BCUT2D eigenvalue weighted by Gasteiger charge is 2.43. The summed E-state index contributed by atoms with van der Waals surface area (Å²) < 4.78 is 51.9. The predicted molar refractivity (Wildman–Crippen MR) is 163 cm³/mol. The molecule has 1 aliphatic heterocycles. The van der Waals surface area contributed by atoms with E-state index >= 15 is 0 Å². The first kappa shape index (κ1) is 37.6. The van der Waals surface area contributed by atoms with Crippen LogP contribution in [0.3, 0.4) is 0 Å². The van der Waals surface area contributed by atoms with E-state index < -0.39 is 81.6 Å². The average Bonchev–Trinajstić information content (AvgIpc) is 3.56. The summed E-state index contributed by atoms with van der Waals surface area (Å²) in [6.07, 6.45) is 1.54. The Morgan fingerprint density at radius 1 is 0.909 bits per heavy atom. The van der Waals surface area contributed by atoms with Crippen LogP contribution in [0, 0.1) is 10.8 Å². The molecular weight excluding hydrogens is 598 g/mol. The highest BCUT2D eigenvalue weighted by Crippen LogP contribution is 2.27. The molecule has 4 atom stereocenters. The van der Waals surface area contributed by atoms with E-state index in [0.29, 0.717) is 6.42 Å². The number of likely N-dealkylation sites (N-methyl/N-ethyl adjacent to an activating group) is 1. The molecule has 1 heterocycles. The van der Waals surface area contributed by atoms with Gasteiger partial charge in [-0.2, -0.15) is 0 Å². The molecule has 44 heavy (non-hydrogen) atoms. The Bertz CT molecular complexity index is 1130. The third-order valence-corrected chi connectivity index (χ3v) is 9.61. The van der Waals surface area contributed by atoms with Gasteiger partial charge >= 0.3 is 6.03 Å². The van der Waals surface area contributed by atoms with Crippen LogP contribution in [0.5, 0.6) is 0 Å². The zero-order chi connectivity index (χ0) is 33.6. The molecule has 0 spiro atoms. The summed E-state index contributed by atoms with van der Waals surface area (Å²) in [4.78, 5) is 54.6. The van der Waals surface area contributed by atoms with Crippen molar-refractivity contribution in [1.29, 1.82) is 0 Å². The number of likely N-dealkylation sites (tertiary alicyclic amines) is 1. The third kappa shape index (κ3) is 11.1. The summed E-state index contributed by atoms with van der Waals surface area (Å²) in [6.45, 7) is 11.0. The molecule has 1 aliphatic carbocycles. The average molecular weight is 651 g/mol. The monoisotopic (exact) mass is 650 g/mol. The summed E-state index contributed by atoms with van der Waals surface area (Å²) in [5, 5.41) is 10.8. The standard InChI is InChI=1S/C29H52F2N6O6S/c1-28(2,3)21(17-36(7)44(8,42)43)34-27(41)35-23(29(4,5)6)26(40)37-15-11-14-20(37)25(39)33-19(16-22(30)31)24(38)32-18-12-9-10-13-18/h18-23H,9-17H2,1-8H3,(H,32,38)(H,33,39)(H2,34,35,41)/t19-,20-,21+,23+/m0/s1. The van der Waals surface area contributed by atoms with Gasteiger partial charge in [-0.1, -0.05) is 54.4 Å². The molecule has 0 aromatic carbocycles. The van der Waals surface area contributed by atoms with E-state index in [0.717, 1.165) is 36.2 Å². The number of carbonyl (C=O) groups excluding carboxylic acids is 4. The minimum Gasteiger partial charge on any atom is -0.352 e. The van der Waals surface area contributed by atoms with Crippen LogP contribution in [-0.2, 0) is 24.4 Å². The van der Waals surface area contributed by atoms with Crippen molar-refractivity contribution in [2.24, 2.45) is 10.8 Å². The van der Waals surface area contributed by atoms with E-state index in [-0.39, 0.29) is 25.6 Å². The number of nitrogens with zero attached hydrogens (tertiary/aromatic N) is 2. The molecule has 0 aromatic rings. The van der Waals surface area contributed by atoms with Gasteiger partial charge in [0.05, 0.1) is 6.26 Å². The lowest BCUT2D eigenvalue weighted by atomic mass is 9.85. The van der Waals surface area contributed by atoms with E-state index in [1.54, 1.807) is 20.8 Å². The Labute approximate surface area is 260 Å². The summed E-state index contributed by atoms with van der Waals surface area (Å²) in [5.74, 6) is -1.88. The first-order valence-electron chi connectivity index (χ1n) is 15.3. The Morgan fingerprint density at radius 2 is 1.50 bits per heavy atom. The minimum absolute atomic E-state index is 0.00631. The lowest BCUT2D eigenvalue weighted by Gasteiger charge is -2.37. The molecule has 5 amide bonds. The maximum absolute atomic E-state index is 13.9. The predicted octanol–water partition coefficient (Wildman–Crippen LogP) is 2.20. The molecule has 1 saturated carbocycles. The van der Waals surface area contributed by atoms with E-state index in [9.17, 15) is 36.4 Å². The molecule has 0 radical (unpaired) electrons. The fourth-order valence-electron chi connectivity index (χ4n) is 5.43. The number of hydrogen-bond acceptors (Lipinski definition) is 6. The number of urea groups is 1. The van der Waals surface area contributed by atoms with Gasteiger partial charge in [-0.25, -0.2) is 26.3 Å². The van der Waals surface area contributed by atoms with Crippen LogP contribution >= 0.6 is 0 Å². The smallest absolute Gasteiger partial charge is 0.315 e. The lowest BCUT2D eigenvalue weighted by molar-refractivity contribution is -0.142. The minimum atomic E-state index is -3.51. The van der Waals surface area contributed by atoms with Crippen molar-refractivity contribution < 1.29 is 36.4 Å². The van der Waals surface area contributed by atoms with Crippen LogP contribution in [0.1, 0.15) is 86.5 Å². The van der Waals surface area contributed by atoms with Gasteiger partial charge in [0.25, 0.3) is 0 Å². The summed E-state index contributed by atoms with van der Waals surface area (Å²) in [5.41, 5.74) is -1.33. The van der Waals surface area contributed by atoms with Gasteiger partial charge < -0.3 is 26.2 Å². The van der Waals surface area contributed by atoms with E-state index in [1.165, 1.54) is 11.9 Å². The van der Waals surface area contributed by atoms with Gasteiger partial charge in [-0.3, -0.25) is 14.4 Å². The maximum Gasteiger partial charge on any atom is 0.315 e. The van der Waals surface area contributed by atoms with Crippen LogP contribution in [0.25, 0.3) is 0 Å². The number of amides is 5. The van der Waals surface area contributed by atoms with E-state index in [4.69, 9.17) is 0 Å². The number of halogens is 2. The van der Waals surface area contributed by atoms with E-state index in [1.807, 2.05) is 20.8 Å². The Hall–Kier alpha value is -2.55. The van der Waals surface area contributed by atoms with Gasteiger partial charge in [0.1, 0.15) is 18.1 Å². The second-order valence-electron chi connectivity index (χ2n) is 14.2. The lowest BCUT2D eigenvalue weighted by Crippen LogP contribution is -2.62. The molecule has 15 heteroatoms. The number of carbonyl (C=O) groups is 4. The fraction of sp³-hybridized carbons (Fsp3) is 0.862. The fourth-order valence-corrected chi connectivity index (χ4v) is 5.85. The van der Waals surface area contributed by atoms with Crippen LogP contribution in [0.4, 0.5) is 13.6 Å². The second kappa shape index (κ2) is 15.2. The highest BCUT2D eigenvalue weighted by atomic mass is 32.2. The van der Waals surface area contributed by atoms with Crippen LogP contribution in [0.15, 0.2) is 0 Å². The molecule has 0 bridgehead atoms. The Kier molecular flexibility index (Phi) is 13.0. The molecule has 0 aromatic heterocycles. The molecule has 2 aliphatic rings. The SMILES string of the molecule is CN(C[C@@H](NC(=O)N[C@H](C(=O)N1CCC[C@H]1C(=O)N[C@@H](CC(F)F)C(=O)NC1CCCC1)C(C)(C)C)C(C)(C)C)S(C)(=O)=O. The number of rotatable bonds is 12. The summed E-state index contributed by atoms with van der Waals surface area (Å²) in [7, 11) is -2.10. The Balaban J connectivity index is 2.18. The van der Waals surface area contributed by atoms with Gasteiger partial charge in [0, 0.05) is 38.6 Å². The quantitative estimate of drug-likeness (QED) is 0.254. The molecule has 0 unspecified atom stereocenters.